The van der Waals surface area contributed by atoms with Crippen LogP contribution in [0.1, 0.15) is 0 Å². The highest BCUT2D eigenvalue weighted by Crippen LogP contribution is 2.34. The molecule has 0 fully saturated rings. The summed E-state index contributed by atoms with van der Waals surface area (Å²) in [4.78, 5) is 3.39. The summed E-state index contributed by atoms with van der Waals surface area (Å²) in [5, 5.41) is 1.10. The van der Waals surface area contributed by atoms with Crippen LogP contribution in [0.3, 0.4) is 0 Å². The molecule has 0 spiro atoms. The zero-order valence-electron chi connectivity index (χ0n) is 13.5. The number of rotatable bonds is 3. The first-order chi connectivity index (χ1) is 12.5. The summed E-state index contributed by atoms with van der Waals surface area (Å²) in [7, 11) is 0. The molecule has 4 rings (SSSR count). The van der Waals surface area contributed by atoms with Gasteiger partial charge in [-0.3, -0.25) is 0 Å². The average Bonchev–Trinajstić information content (AvgIpc) is 3.05. The maximum absolute atomic E-state index is 12.3. The van der Waals surface area contributed by atoms with E-state index in [-0.39, 0.29) is 5.75 Å². The van der Waals surface area contributed by atoms with Crippen molar-refractivity contribution in [3.63, 3.8) is 0 Å². The summed E-state index contributed by atoms with van der Waals surface area (Å²) in [6, 6.07) is 23.7. The number of H-pyrrole nitrogens is 1. The van der Waals surface area contributed by atoms with Gasteiger partial charge in [0.2, 0.25) is 0 Å². The van der Waals surface area contributed by atoms with Gasteiger partial charge in [0.15, 0.2) is 0 Å². The van der Waals surface area contributed by atoms with Crippen LogP contribution >= 0.6 is 0 Å². The second kappa shape index (κ2) is 6.26. The van der Waals surface area contributed by atoms with Crippen molar-refractivity contribution in [3.8, 4) is 28.1 Å². The summed E-state index contributed by atoms with van der Waals surface area (Å²) in [5.41, 5.74) is 4.71. The predicted octanol–water partition coefficient (Wildman–Crippen LogP) is 6.40. The normalized spacial score (nSPS) is 11.7. The number of nitrogens with one attached hydrogen (secondary N) is 1. The van der Waals surface area contributed by atoms with Crippen molar-refractivity contribution >= 4 is 10.9 Å². The van der Waals surface area contributed by atoms with E-state index in [9.17, 15) is 13.2 Å². The monoisotopic (exact) mass is 353 g/mol. The molecule has 1 heterocycles. The van der Waals surface area contributed by atoms with Gasteiger partial charge >= 0.3 is 6.36 Å². The number of hydrogen-bond donors (Lipinski definition) is 1. The summed E-state index contributed by atoms with van der Waals surface area (Å²) in [6.07, 6.45) is -4.69. The van der Waals surface area contributed by atoms with Gasteiger partial charge in [0.1, 0.15) is 5.75 Å². The molecule has 0 saturated heterocycles. The first-order valence-electron chi connectivity index (χ1n) is 8.03. The lowest BCUT2D eigenvalue weighted by atomic mass is 9.97. The number of fused-ring (bicyclic) bond motifs is 1. The van der Waals surface area contributed by atoms with Gasteiger partial charge in [0, 0.05) is 22.2 Å². The lowest BCUT2D eigenvalue weighted by molar-refractivity contribution is -0.274. The van der Waals surface area contributed by atoms with Crippen LogP contribution in [-0.4, -0.2) is 11.3 Å². The van der Waals surface area contributed by atoms with Crippen molar-refractivity contribution in [2.24, 2.45) is 0 Å². The Labute approximate surface area is 147 Å². The van der Waals surface area contributed by atoms with Crippen LogP contribution in [0.5, 0.6) is 5.75 Å². The minimum Gasteiger partial charge on any atom is -0.406 e. The third-order valence-corrected chi connectivity index (χ3v) is 4.15. The molecule has 1 N–H and O–H groups in total. The van der Waals surface area contributed by atoms with Crippen molar-refractivity contribution in [3.05, 3.63) is 78.9 Å². The summed E-state index contributed by atoms with van der Waals surface area (Å²) < 4.78 is 40.9. The molecule has 3 aromatic carbocycles. The Bertz CT molecular complexity index is 1020. The highest BCUT2D eigenvalue weighted by molar-refractivity contribution is 5.90. The molecule has 0 bridgehead atoms. The van der Waals surface area contributed by atoms with Crippen molar-refractivity contribution < 1.29 is 17.9 Å². The Morgan fingerprint density at radius 1 is 0.731 bits per heavy atom. The van der Waals surface area contributed by atoms with Gasteiger partial charge in [-0.1, -0.05) is 54.6 Å². The van der Waals surface area contributed by atoms with Crippen LogP contribution in [0.15, 0.2) is 78.9 Å². The molecule has 1 aromatic heterocycles. The van der Waals surface area contributed by atoms with Crippen LogP contribution in [0.25, 0.3) is 33.3 Å². The fourth-order valence-electron chi connectivity index (χ4n) is 3.02. The minimum absolute atomic E-state index is 0.232. The van der Waals surface area contributed by atoms with Gasteiger partial charge in [0.25, 0.3) is 0 Å². The molecule has 0 atom stereocenters. The van der Waals surface area contributed by atoms with Crippen LogP contribution in [0, 0.1) is 0 Å². The zero-order valence-corrected chi connectivity index (χ0v) is 13.5. The third-order valence-electron chi connectivity index (χ3n) is 4.15. The van der Waals surface area contributed by atoms with Crippen LogP contribution < -0.4 is 4.74 Å². The predicted molar refractivity (Wildman–Crippen MR) is 95.9 cm³/mol. The van der Waals surface area contributed by atoms with E-state index in [0.717, 1.165) is 33.3 Å². The highest BCUT2D eigenvalue weighted by atomic mass is 19.4. The molecule has 0 unspecified atom stereocenters. The molecule has 0 aliphatic heterocycles. The van der Waals surface area contributed by atoms with Gasteiger partial charge in [-0.25, -0.2) is 0 Å². The van der Waals surface area contributed by atoms with Crippen LogP contribution in [-0.2, 0) is 0 Å². The molecule has 2 nitrogen and oxygen atoms in total. The first kappa shape index (κ1) is 16.3. The van der Waals surface area contributed by atoms with Crippen LogP contribution in [0.4, 0.5) is 13.2 Å². The Balaban J connectivity index is 1.74. The van der Waals surface area contributed by atoms with E-state index in [0.29, 0.717) is 0 Å². The van der Waals surface area contributed by atoms with E-state index >= 15 is 0 Å². The van der Waals surface area contributed by atoms with E-state index in [1.165, 1.54) is 12.1 Å². The molecule has 130 valence electrons. The third kappa shape index (κ3) is 3.28. The second-order valence-corrected chi connectivity index (χ2v) is 5.89. The maximum atomic E-state index is 12.3. The molecule has 0 amide bonds. The van der Waals surface area contributed by atoms with E-state index in [1.807, 2.05) is 48.5 Å². The number of aromatic nitrogens is 1. The minimum atomic E-state index is -4.69. The summed E-state index contributed by atoms with van der Waals surface area (Å²) in [6.45, 7) is 0. The molecule has 0 saturated carbocycles. The number of halogens is 3. The number of aromatic amines is 1. The second-order valence-electron chi connectivity index (χ2n) is 5.89. The van der Waals surface area contributed by atoms with Gasteiger partial charge < -0.3 is 9.72 Å². The first-order valence-corrected chi connectivity index (χ1v) is 8.03. The number of alkyl halides is 3. The standard InChI is InChI=1S/C21H14F3NO/c22-21(23,24)26-16-11-9-14(10-12-16)17-6-2-3-7-18(17)20-13-15-5-1-4-8-19(15)25-20/h1-13,25H. The molecular weight excluding hydrogens is 339 g/mol. The van der Waals surface area contributed by atoms with Crippen molar-refractivity contribution in [2.45, 2.75) is 6.36 Å². The molecule has 0 radical (unpaired) electrons. The smallest absolute Gasteiger partial charge is 0.406 e. The Morgan fingerprint density at radius 2 is 1.38 bits per heavy atom. The lowest BCUT2D eigenvalue weighted by Gasteiger charge is -2.11. The van der Waals surface area contributed by atoms with Crippen molar-refractivity contribution in [2.75, 3.05) is 0 Å². The maximum Gasteiger partial charge on any atom is 0.573 e. The molecule has 4 aromatic rings. The molecule has 26 heavy (non-hydrogen) atoms. The number of ether oxygens (including phenoxy) is 1. The average molecular weight is 353 g/mol. The summed E-state index contributed by atoms with van der Waals surface area (Å²) >= 11 is 0. The van der Waals surface area contributed by atoms with Gasteiger partial charge in [0.05, 0.1) is 0 Å². The fourth-order valence-corrected chi connectivity index (χ4v) is 3.02. The summed E-state index contributed by atoms with van der Waals surface area (Å²) in [5.74, 6) is -0.232. The van der Waals surface area contributed by atoms with Crippen molar-refractivity contribution in [1.29, 1.82) is 0 Å². The van der Waals surface area contributed by atoms with E-state index < -0.39 is 6.36 Å². The molecule has 0 aliphatic carbocycles. The number of para-hydroxylation sites is 1. The van der Waals surface area contributed by atoms with Crippen molar-refractivity contribution in [1.82, 2.24) is 4.98 Å². The van der Waals surface area contributed by atoms with E-state index in [1.54, 1.807) is 12.1 Å². The zero-order chi connectivity index (χ0) is 18.1. The number of benzene rings is 3. The largest absolute Gasteiger partial charge is 0.573 e. The lowest BCUT2D eigenvalue weighted by Crippen LogP contribution is -2.16. The van der Waals surface area contributed by atoms with E-state index in [4.69, 9.17) is 0 Å². The molecular formula is C21H14F3NO. The molecule has 5 heteroatoms. The SMILES string of the molecule is FC(F)(F)Oc1ccc(-c2ccccc2-c2cc3ccccc3[nH]2)cc1. The van der Waals surface area contributed by atoms with Crippen LogP contribution in [0.2, 0.25) is 0 Å². The topological polar surface area (TPSA) is 25.0 Å². The Kier molecular flexibility index (Phi) is 3.92. The Morgan fingerprint density at radius 3 is 2.08 bits per heavy atom. The fraction of sp³-hybridized carbons (Fsp3) is 0.0476. The molecule has 0 aliphatic rings. The quantitative estimate of drug-likeness (QED) is 0.453. The van der Waals surface area contributed by atoms with Gasteiger partial charge in [-0.05, 0) is 35.4 Å². The Hall–Kier alpha value is -3.21. The highest BCUT2D eigenvalue weighted by Gasteiger charge is 2.31. The number of hydrogen-bond acceptors (Lipinski definition) is 1. The van der Waals surface area contributed by atoms with Gasteiger partial charge in [-0.15, -0.1) is 13.2 Å². The van der Waals surface area contributed by atoms with Gasteiger partial charge in [-0.2, -0.15) is 0 Å². The van der Waals surface area contributed by atoms with E-state index in [2.05, 4.69) is 15.8 Å².